The maximum Gasteiger partial charge on any atom is 0.320 e. The molecule has 5 nitrogen and oxygen atoms in total. The van der Waals surface area contributed by atoms with Gasteiger partial charge in [0, 0.05) is 12.5 Å². The lowest BCUT2D eigenvalue weighted by Gasteiger charge is -2.34. The van der Waals surface area contributed by atoms with Crippen molar-refractivity contribution >= 4 is 11.8 Å². The number of carbonyl (C=O) groups is 2. The van der Waals surface area contributed by atoms with Crippen molar-refractivity contribution in [3.05, 3.63) is 0 Å². The fourth-order valence-electron chi connectivity index (χ4n) is 1.61. The topological polar surface area (TPSA) is 67.4 Å². The number of carbonyl (C=O) groups excluding carboxylic acids is 2. The molecular formula is C11H22N2O3. The predicted molar refractivity (Wildman–Crippen MR) is 62.2 cm³/mol. The second-order valence-electron chi connectivity index (χ2n) is 4.14. The number of rotatable bonds is 7. The van der Waals surface area contributed by atoms with Gasteiger partial charge in [-0.3, -0.25) is 9.59 Å². The van der Waals surface area contributed by atoms with Crippen LogP contribution in [0, 0.1) is 5.92 Å². The van der Waals surface area contributed by atoms with Gasteiger partial charge in [0.2, 0.25) is 0 Å². The molecule has 0 aliphatic carbocycles. The molecule has 2 N–H and O–H groups in total. The van der Waals surface area contributed by atoms with Gasteiger partial charge in [-0.2, -0.15) is 0 Å². The van der Waals surface area contributed by atoms with Gasteiger partial charge in [-0.25, -0.2) is 0 Å². The van der Waals surface area contributed by atoms with E-state index in [0.717, 1.165) is 0 Å². The zero-order valence-corrected chi connectivity index (χ0v) is 10.7. The first-order valence-corrected chi connectivity index (χ1v) is 5.42. The summed E-state index contributed by atoms with van der Waals surface area (Å²) in [4.78, 5) is 23.2. The third kappa shape index (κ3) is 3.57. The monoisotopic (exact) mass is 230 g/mol. The fraction of sp³-hybridized carbons (Fsp3) is 0.818. The van der Waals surface area contributed by atoms with Crippen LogP contribution in [0.15, 0.2) is 0 Å². The summed E-state index contributed by atoms with van der Waals surface area (Å²) in [6.45, 7) is 5.61. The third-order valence-electron chi connectivity index (χ3n) is 2.59. The Hall–Kier alpha value is -0.940. The van der Waals surface area contributed by atoms with E-state index >= 15 is 0 Å². The van der Waals surface area contributed by atoms with Crippen molar-refractivity contribution in [1.82, 2.24) is 10.6 Å². The van der Waals surface area contributed by atoms with Gasteiger partial charge in [-0.05, 0) is 21.0 Å². The molecule has 16 heavy (non-hydrogen) atoms. The molecule has 0 radical (unpaired) electrons. The zero-order valence-electron chi connectivity index (χ0n) is 10.7. The molecule has 1 unspecified atom stereocenters. The van der Waals surface area contributed by atoms with Crippen LogP contribution in [0.4, 0.5) is 0 Å². The first kappa shape index (κ1) is 15.1. The molecule has 1 atom stereocenters. The predicted octanol–water partition coefficient (Wildman–Crippen LogP) is -0.0478. The molecule has 0 aromatic carbocycles. The summed E-state index contributed by atoms with van der Waals surface area (Å²) in [6, 6.07) is 0. The number of ketones is 1. The lowest BCUT2D eigenvalue weighted by molar-refractivity contribution is -0.170. The summed E-state index contributed by atoms with van der Waals surface area (Å²) >= 11 is 0. The molecule has 0 aliphatic heterocycles. The van der Waals surface area contributed by atoms with Gasteiger partial charge in [-0.1, -0.05) is 13.8 Å². The molecule has 0 saturated carbocycles. The maximum atomic E-state index is 11.7. The van der Waals surface area contributed by atoms with E-state index in [1.54, 1.807) is 14.1 Å². The minimum Gasteiger partial charge on any atom is -0.448 e. The Balaban J connectivity index is 4.89. The summed E-state index contributed by atoms with van der Waals surface area (Å²) in [5.74, 6) is -0.624. The fourth-order valence-corrected chi connectivity index (χ4v) is 1.61. The van der Waals surface area contributed by atoms with E-state index in [2.05, 4.69) is 10.6 Å². The van der Waals surface area contributed by atoms with Crippen LogP contribution >= 0.6 is 0 Å². The Morgan fingerprint density at radius 2 is 1.81 bits per heavy atom. The van der Waals surface area contributed by atoms with E-state index in [1.165, 1.54) is 6.92 Å². The molecule has 0 heterocycles. The van der Waals surface area contributed by atoms with Gasteiger partial charge in [0.25, 0.3) is 0 Å². The highest BCUT2D eigenvalue weighted by Crippen LogP contribution is 2.23. The van der Waals surface area contributed by atoms with Crippen molar-refractivity contribution in [2.24, 2.45) is 5.92 Å². The largest absolute Gasteiger partial charge is 0.448 e. The summed E-state index contributed by atoms with van der Waals surface area (Å²) in [6.07, 6.45) is 0. The molecule has 0 amide bonds. The van der Waals surface area contributed by atoms with Gasteiger partial charge < -0.3 is 15.4 Å². The number of likely N-dealkylation sites (N-methyl/N-ethyl adjacent to an activating group) is 2. The van der Waals surface area contributed by atoms with E-state index in [1.807, 2.05) is 13.8 Å². The van der Waals surface area contributed by atoms with Crippen LogP contribution < -0.4 is 10.6 Å². The van der Waals surface area contributed by atoms with Crippen LogP contribution in [0.1, 0.15) is 20.8 Å². The van der Waals surface area contributed by atoms with Crippen LogP contribution in [-0.4, -0.2) is 44.5 Å². The molecule has 94 valence electrons. The number of ether oxygens (including phenoxy) is 1. The van der Waals surface area contributed by atoms with Crippen molar-refractivity contribution in [2.75, 3.05) is 27.2 Å². The van der Waals surface area contributed by atoms with Crippen LogP contribution in [0.5, 0.6) is 0 Å². The summed E-state index contributed by atoms with van der Waals surface area (Å²) in [5, 5.41) is 5.60. The molecule has 0 aromatic heterocycles. The molecule has 0 aliphatic rings. The van der Waals surface area contributed by atoms with E-state index in [0.29, 0.717) is 6.54 Å². The van der Waals surface area contributed by atoms with Gasteiger partial charge in [0.05, 0.1) is 6.54 Å². The first-order chi connectivity index (χ1) is 7.40. The average molecular weight is 230 g/mol. The van der Waals surface area contributed by atoms with Crippen molar-refractivity contribution < 1.29 is 14.3 Å². The Morgan fingerprint density at radius 1 is 1.25 bits per heavy atom. The van der Waals surface area contributed by atoms with E-state index in [4.69, 9.17) is 4.74 Å². The Labute approximate surface area is 96.9 Å². The quantitative estimate of drug-likeness (QED) is 0.600. The van der Waals surface area contributed by atoms with Crippen LogP contribution in [-0.2, 0) is 14.3 Å². The summed E-state index contributed by atoms with van der Waals surface area (Å²) in [7, 11) is 3.39. The van der Waals surface area contributed by atoms with Gasteiger partial charge >= 0.3 is 5.97 Å². The van der Waals surface area contributed by atoms with E-state index in [9.17, 15) is 9.59 Å². The average Bonchev–Trinajstić information content (AvgIpc) is 2.16. The smallest absolute Gasteiger partial charge is 0.320 e. The highest BCUT2D eigenvalue weighted by Gasteiger charge is 2.42. The Kier molecular flexibility index (Phi) is 6.21. The van der Waals surface area contributed by atoms with Crippen LogP contribution in [0.2, 0.25) is 0 Å². The lowest BCUT2D eigenvalue weighted by atomic mass is 9.86. The minimum absolute atomic E-state index is 0.0711. The van der Waals surface area contributed by atoms with E-state index in [-0.39, 0.29) is 18.2 Å². The number of nitrogens with one attached hydrogen (secondary N) is 2. The minimum atomic E-state index is -1.07. The number of hydrogen-bond donors (Lipinski definition) is 2. The second kappa shape index (κ2) is 6.60. The van der Waals surface area contributed by atoms with E-state index < -0.39 is 11.6 Å². The summed E-state index contributed by atoms with van der Waals surface area (Å²) < 4.78 is 5.33. The zero-order chi connectivity index (χ0) is 12.8. The Bertz CT molecular complexity index is 254. The third-order valence-corrected chi connectivity index (χ3v) is 2.59. The number of Topliss-reactive ketones (excluding diaryl/α,β-unsaturated/α-hetero) is 1. The Morgan fingerprint density at radius 3 is 2.12 bits per heavy atom. The molecule has 0 aromatic rings. The molecule has 0 spiro atoms. The van der Waals surface area contributed by atoms with Crippen LogP contribution in [0.25, 0.3) is 0 Å². The van der Waals surface area contributed by atoms with Crippen LogP contribution in [0.3, 0.4) is 0 Å². The summed E-state index contributed by atoms with van der Waals surface area (Å²) in [5.41, 5.74) is -1.07. The SMILES string of the molecule is CNCC(=O)OC(CNC)(C(C)=O)C(C)C. The molecular weight excluding hydrogens is 208 g/mol. The normalized spacial score (nSPS) is 14.6. The van der Waals surface area contributed by atoms with Crippen molar-refractivity contribution in [3.8, 4) is 0 Å². The van der Waals surface area contributed by atoms with Gasteiger partial charge in [-0.15, -0.1) is 0 Å². The van der Waals surface area contributed by atoms with Crippen molar-refractivity contribution in [1.29, 1.82) is 0 Å². The molecule has 0 rings (SSSR count). The highest BCUT2D eigenvalue weighted by molar-refractivity contribution is 5.88. The molecule has 0 fully saturated rings. The number of hydrogen-bond acceptors (Lipinski definition) is 5. The molecule has 0 bridgehead atoms. The highest BCUT2D eigenvalue weighted by atomic mass is 16.6. The van der Waals surface area contributed by atoms with Crippen molar-refractivity contribution in [3.63, 3.8) is 0 Å². The van der Waals surface area contributed by atoms with Gasteiger partial charge in [0.1, 0.15) is 0 Å². The number of esters is 1. The molecule has 5 heteroatoms. The molecule has 0 saturated heterocycles. The van der Waals surface area contributed by atoms with Gasteiger partial charge in [0.15, 0.2) is 11.4 Å². The van der Waals surface area contributed by atoms with Crippen molar-refractivity contribution in [2.45, 2.75) is 26.4 Å². The standard InChI is InChI=1S/C11H22N2O3/c1-8(2)11(7-13-5,9(3)14)16-10(15)6-12-4/h8,12-13H,6-7H2,1-5H3. The maximum absolute atomic E-state index is 11.7. The first-order valence-electron chi connectivity index (χ1n) is 5.42. The second-order valence-corrected chi connectivity index (χ2v) is 4.14. The lowest BCUT2D eigenvalue weighted by Crippen LogP contribution is -2.54.